The van der Waals surface area contributed by atoms with Crippen molar-refractivity contribution in [3.05, 3.63) is 47.8 Å². The van der Waals surface area contributed by atoms with E-state index in [-0.39, 0.29) is 18.7 Å². The zero-order valence-electron chi connectivity index (χ0n) is 12.0. The van der Waals surface area contributed by atoms with Crippen LogP contribution in [0.1, 0.15) is 29.9 Å². The van der Waals surface area contributed by atoms with Gasteiger partial charge in [0.15, 0.2) is 6.73 Å². The minimum atomic E-state index is -0.172. The van der Waals surface area contributed by atoms with Crippen molar-refractivity contribution in [2.75, 3.05) is 0 Å². The summed E-state index contributed by atoms with van der Waals surface area (Å²) in [5.41, 5.74) is 1.46. The molecule has 0 aliphatic heterocycles. The summed E-state index contributed by atoms with van der Waals surface area (Å²) in [7, 11) is 0. The topological polar surface area (TPSA) is 56.1 Å². The van der Waals surface area contributed by atoms with Crippen molar-refractivity contribution in [2.24, 2.45) is 0 Å². The predicted molar refractivity (Wildman–Crippen MR) is 76.6 cm³/mol. The van der Waals surface area contributed by atoms with Gasteiger partial charge in [-0.05, 0) is 38.5 Å². The molecule has 1 N–H and O–H groups in total. The number of rotatable bonds is 5. The number of para-hydroxylation sites is 1. The van der Waals surface area contributed by atoms with E-state index in [4.69, 9.17) is 4.74 Å². The number of aryl methyl sites for hydroxylation is 1. The summed E-state index contributed by atoms with van der Waals surface area (Å²) < 4.78 is 7.26. The summed E-state index contributed by atoms with van der Waals surface area (Å²) >= 11 is 0. The van der Waals surface area contributed by atoms with Crippen LogP contribution >= 0.6 is 0 Å². The fraction of sp³-hybridized carbons (Fsp3) is 0.333. The van der Waals surface area contributed by atoms with Gasteiger partial charge in [-0.25, -0.2) is 4.68 Å². The van der Waals surface area contributed by atoms with Crippen LogP contribution in [-0.4, -0.2) is 21.7 Å². The van der Waals surface area contributed by atoms with Crippen LogP contribution in [0.5, 0.6) is 5.75 Å². The van der Waals surface area contributed by atoms with E-state index >= 15 is 0 Å². The smallest absolute Gasteiger partial charge is 0.271 e. The predicted octanol–water partition coefficient (Wildman–Crippen LogP) is 2.37. The Labute approximate surface area is 118 Å². The van der Waals surface area contributed by atoms with Crippen LogP contribution in [0.4, 0.5) is 0 Å². The quantitative estimate of drug-likeness (QED) is 0.910. The van der Waals surface area contributed by atoms with E-state index in [1.165, 1.54) is 0 Å². The number of amides is 1. The van der Waals surface area contributed by atoms with Gasteiger partial charge in [0.25, 0.3) is 5.91 Å². The number of nitrogens with zero attached hydrogens (tertiary/aromatic N) is 2. The summed E-state index contributed by atoms with van der Waals surface area (Å²) in [6.45, 7) is 6.09. The van der Waals surface area contributed by atoms with Gasteiger partial charge in [-0.2, -0.15) is 5.10 Å². The lowest BCUT2D eigenvalue weighted by molar-refractivity contribution is 0.0936. The van der Waals surface area contributed by atoms with E-state index in [1.807, 2.05) is 45.0 Å². The Morgan fingerprint density at radius 3 is 2.80 bits per heavy atom. The van der Waals surface area contributed by atoms with Crippen molar-refractivity contribution < 1.29 is 9.53 Å². The highest BCUT2D eigenvalue weighted by molar-refractivity contribution is 5.92. The maximum Gasteiger partial charge on any atom is 0.271 e. The monoisotopic (exact) mass is 273 g/mol. The Balaban J connectivity index is 1.96. The highest BCUT2D eigenvalue weighted by Gasteiger charge is 2.10. The third-order valence-electron chi connectivity index (χ3n) is 2.74. The SMILES string of the molecule is Cc1ccccc1OCn1ccc(C(=O)NC(C)C)n1. The Morgan fingerprint density at radius 1 is 1.35 bits per heavy atom. The first-order valence-corrected chi connectivity index (χ1v) is 6.59. The molecule has 106 valence electrons. The van der Waals surface area contributed by atoms with Crippen LogP contribution in [0.2, 0.25) is 0 Å². The highest BCUT2D eigenvalue weighted by atomic mass is 16.5. The number of ether oxygens (including phenoxy) is 1. The Morgan fingerprint density at radius 2 is 2.10 bits per heavy atom. The fourth-order valence-corrected chi connectivity index (χ4v) is 1.74. The normalized spacial score (nSPS) is 10.6. The molecule has 5 nitrogen and oxygen atoms in total. The van der Waals surface area contributed by atoms with Crippen molar-refractivity contribution in [2.45, 2.75) is 33.5 Å². The molecule has 0 aliphatic rings. The summed E-state index contributed by atoms with van der Waals surface area (Å²) in [6.07, 6.45) is 1.73. The lowest BCUT2D eigenvalue weighted by Crippen LogP contribution is -2.30. The van der Waals surface area contributed by atoms with Crippen LogP contribution in [0, 0.1) is 6.92 Å². The van der Waals surface area contributed by atoms with E-state index in [2.05, 4.69) is 10.4 Å². The van der Waals surface area contributed by atoms with Gasteiger partial charge in [0, 0.05) is 12.2 Å². The standard InChI is InChI=1S/C15H19N3O2/c1-11(2)16-15(19)13-8-9-18(17-13)10-20-14-7-5-4-6-12(14)3/h4-9,11H,10H2,1-3H3,(H,16,19). The maximum absolute atomic E-state index is 11.8. The number of hydrogen-bond acceptors (Lipinski definition) is 3. The molecule has 2 aromatic rings. The van der Waals surface area contributed by atoms with Crippen LogP contribution in [0.25, 0.3) is 0 Å². The molecule has 1 aromatic carbocycles. The minimum Gasteiger partial charge on any atom is -0.471 e. The molecule has 0 fully saturated rings. The van der Waals surface area contributed by atoms with Gasteiger partial charge in [-0.1, -0.05) is 18.2 Å². The molecule has 1 aromatic heterocycles. The molecule has 0 radical (unpaired) electrons. The zero-order chi connectivity index (χ0) is 14.5. The molecule has 1 amide bonds. The van der Waals surface area contributed by atoms with Crippen LogP contribution in [-0.2, 0) is 6.73 Å². The average Bonchev–Trinajstić information content (AvgIpc) is 2.86. The average molecular weight is 273 g/mol. The molecule has 20 heavy (non-hydrogen) atoms. The summed E-state index contributed by atoms with van der Waals surface area (Å²) in [4.78, 5) is 11.8. The molecule has 0 saturated heterocycles. The van der Waals surface area contributed by atoms with Gasteiger partial charge in [0.05, 0.1) is 0 Å². The third kappa shape index (κ3) is 3.60. The third-order valence-corrected chi connectivity index (χ3v) is 2.74. The molecular weight excluding hydrogens is 254 g/mol. The van der Waals surface area contributed by atoms with Crippen LogP contribution in [0.3, 0.4) is 0 Å². The number of benzene rings is 1. The Hall–Kier alpha value is -2.30. The van der Waals surface area contributed by atoms with Crippen LogP contribution < -0.4 is 10.1 Å². The molecule has 0 spiro atoms. The number of aromatic nitrogens is 2. The van der Waals surface area contributed by atoms with Gasteiger partial charge in [0.1, 0.15) is 11.4 Å². The van der Waals surface area contributed by atoms with Crippen LogP contribution in [0.15, 0.2) is 36.5 Å². The van der Waals surface area contributed by atoms with E-state index in [9.17, 15) is 4.79 Å². The first-order chi connectivity index (χ1) is 9.56. The zero-order valence-corrected chi connectivity index (χ0v) is 12.0. The first kappa shape index (κ1) is 14.1. The Bertz CT molecular complexity index is 590. The first-order valence-electron chi connectivity index (χ1n) is 6.59. The summed E-state index contributed by atoms with van der Waals surface area (Å²) in [6, 6.07) is 9.55. The van der Waals surface area contributed by atoms with Gasteiger partial charge in [-0.15, -0.1) is 0 Å². The second kappa shape index (κ2) is 6.23. The number of hydrogen-bond donors (Lipinski definition) is 1. The molecular formula is C15H19N3O2. The molecule has 2 rings (SSSR count). The number of carbonyl (C=O) groups excluding carboxylic acids is 1. The molecule has 1 heterocycles. The van der Waals surface area contributed by atoms with Gasteiger partial charge >= 0.3 is 0 Å². The van der Waals surface area contributed by atoms with E-state index in [0.29, 0.717) is 5.69 Å². The van der Waals surface area contributed by atoms with Gasteiger partial charge in [0.2, 0.25) is 0 Å². The molecule has 0 bridgehead atoms. The number of carbonyl (C=O) groups is 1. The lowest BCUT2D eigenvalue weighted by Gasteiger charge is -2.08. The van der Waals surface area contributed by atoms with Gasteiger partial charge in [-0.3, -0.25) is 4.79 Å². The molecule has 0 saturated carbocycles. The van der Waals surface area contributed by atoms with Crippen molar-refractivity contribution in [3.63, 3.8) is 0 Å². The van der Waals surface area contributed by atoms with Gasteiger partial charge < -0.3 is 10.1 Å². The van der Waals surface area contributed by atoms with Crippen molar-refractivity contribution >= 4 is 5.91 Å². The maximum atomic E-state index is 11.8. The second-order valence-corrected chi connectivity index (χ2v) is 4.91. The molecule has 0 atom stereocenters. The van der Waals surface area contributed by atoms with E-state index in [0.717, 1.165) is 11.3 Å². The van der Waals surface area contributed by atoms with E-state index < -0.39 is 0 Å². The molecule has 0 unspecified atom stereocenters. The minimum absolute atomic E-state index is 0.0934. The Kier molecular flexibility index (Phi) is 4.40. The second-order valence-electron chi connectivity index (χ2n) is 4.91. The summed E-state index contributed by atoms with van der Waals surface area (Å²) in [5.74, 6) is 0.644. The summed E-state index contributed by atoms with van der Waals surface area (Å²) in [5, 5.41) is 6.99. The van der Waals surface area contributed by atoms with Crippen molar-refractivity contribution in [3.8, 4) is 5.75 Å². The molecule has 5 heteroatoms. The molecule has 0 aliphatic carbocycles. The fourth-order valence-electron chi connectivity index (χ4n) is 1.74. The highest BCUT2D eigenvalue weighted by Crippen LogP contribution is 2.16. The number of nitrogens with one attached hydrogen (secondary N) is 1. The van der Waals surface area contributed by atoms with Crippen molar-refractivity contribution in [1.82, 2.24) is 15.1 Å². The lowest BCUT2D eigenvalue weighted by atomic mass is 10.2. The van der Waals surface area contributed by atoms with E-state index in [1.54, 1.807) is 16.9 Å². The largest absolute Gasteiger partial charge is 0.471 e. The van der Waals surface area contributed by atoms with Crippen molar-refractivity contribution in [1.29, 1.82) is 0 Å².